The molecule has 6 unspecified atom stereocenters. The van der Waals surface area contributed by atoms with E-state index in [0.29, 0.717) is 13.0 Å². The average Bonchev–Trinajstić information content (AvgIpc) is 3.13. The Kier molecular flexibility index (Phi) is 32.2. The van der Waals surface area contributed by atoms with Crippen LogP contribution in [0.1, 0.15) is 174 Å². The van der Waals surface area contributed by atoms with Gasteiger partial charge >= 0.3 is 5.97 Å². The Bertz CT molecular complexity index is 833. The lowest BCUT2D eigenvalue weighted by atomic mass is 9.99. The molecule has 0 spiro atoms. The first-order valence-electron chi connectivity index (χ1n) is 20.9. The van der Waals surface area contributed by atoms with Crippen molar-refractivity contribution in [2.24, 2.45) is 0 Å². The molecular formula is C42H78O9. The second kappa shape index (κ2) is 34.4. The first-order chi connectivity index (χ1) is 24.9. The summed E-state index contributed by atoms with van der Waals surface area (Å²) in [4.78, 5) is 12.7. The molecule has 1 saturated heterocycles. The number of unbranched alkanes of at least 4 members (excludes halogenated alkanes) is 20. The lowest BCUT2D eigenvalue weighted by molar-refractivity contribution is -0.305. The summed E-state index contributed by atoms with van der Waals surface area (Å²) in [6, 6.07) is 0. The van der Waals surface area contributed by atoms with Gasteiger partial charge in [0.15, 0.2) is 6.29 Å². The molecular weight excluding hydrogens is 648 g/mol. The van der Waals surface area contributed by atoms with Gasteiger partial charge in [-0.2, -0.15) is 0 Å². The number of hydrogen-bond acceptors (Lipinski definition) is 9. The summed E-state index contributed by atoms with van der Waals surface area (Å²) < 4.78 is 22.7. The third-order valence-electron chi connectivity index (χ3n) is 9.59. The number of rotatable bonds is 35. The van der Waals surface area contributed by atoms with Gasteiger partial charge < -0.3 is 39.4 Å². The largest absolute Gasteiger partial charge is 0.457 e. The van der Waals surface area contributed by atoms with Gasteiger partial charge in [-0.1, -0.05) is 128 Å². The monoisotopic (exact) mass is 727 g/mol. The van der Waals surface area contributed by atoms with E-state index in [4.69, 9.17) is 18.9 Å². The molecule has 0 saturated carbocycles. The minimum absolute atomic E-state index is 0.117. The zero-order chi connectivity index (χ0) is 37.2. The number of aliphatic hydroxyl groups excluding tert-OH is 4. The number of carbonyl (C=O) groups is 1. The molecule has 1 rings (SSSR count). The summed E-state index contributed by atoms with van der Waals surface area (Å²) >= 11 is 0. The fraction of sp³-hybridized carbons (Fsp3) is 0.881. The average molecular weight is 727 g/mol. The van der Waals surface area contributed by atoms with Crippen LogP contribution in [-0.2, 0) is 23.7 Å². The van der Waals surface area contributed by atoms with Gasteiger partial charge in [-0.15, -0.1) is 0 Å². The third kappa shape index (κ3) is 26.1. The van der Waals surface area contributed by atoms with Crippen LogP contribution >= 0.6 is 0 Å². The predicted molar refractivity (Wildman–Crippen MR) is 205 cm³/mol. The van der Waals surface area contributed by atoms with Crippen molar-refractivity contribution in [3.8, 4) is 0 Å². The molecule has 0 aromatic rings. The van der Waals surface area contributed by atoms with Crippen LogP contribution in [0.2, 0.25) is 0 Å². The molecule has 9 heteroatoms. The van der Waals surface area contributed by atoms with Crippen LogP contribution in [0, 0.1) is 0 Å². The fourth-order valence-electron chi connectivity index (χ4n) is 6.24. The Morgan fingerprint density at radius 3 is 1.63 bits per heavy atom. The van der Waals surface area contributed by atoms with Crippen molar-refractivity contribution in [3.63, 3.8) is 0 Å². The van der Waals surface area contributed by atoms with Crippen molar-refractivity contribution in [1.29, 1.82) is 0 Å². The van der Waals surface area contributed by atoms with Crippen molar-refractivity contribution >= 4 is 5.97 Å². The van der Waals surface area contributed by atoms with Gasteiger partial charge in [0.05, 0.1) is 19.8 Å². The molecule has 0 bridgehead atoms. The second-order valence-corrected chi connectivity index (χ2v) is 14.4. The molecule has 1 aliphatic heterocycles. The topological polar surface area (TPSA) is 135 Å². The summed E-state index contributed by atoms with van der Waals surface area (Å²) in [5.74, 6) is -0.325. The molecule has 300 valence electrons. The van der Waals surface area contributed by atoms with E-state index in [9.17, 15) is 25.2 Å². The molecule has 1 heterocycles. The molecule has 0 amide bonds. The maximum absolute atomic E-state index is 12.7. The van der Waals surface area contributed by atoms with E-state index < -0.39 is 43.4 Å². The number of ether oxygens (including phenoxy) is 4. The Morgan fingerprint density at radius 2 is 1.08 bits per heavy atom. The predicted octanol–water partition coefficient (Wildman–Crippen LogP) is 8.64. The molecule has 9 nitrogen and oxygen atoms in total. The van der Waals surface area contributed by atoms with E-state index in [-0.39, 0.29) is 19.2 Å². The van der Waals surface area contributed by atoms with Crippen molar-refractivity contribution in [2.45, 2.75) is 211 Å². The molecule has 4 N–H and O–H groups in total. The molecule has 0 aromatic carbocycles. The quantitative estimate of drug-likeness (QED) is 0.0288. The Morgan fingerprint density at radius 1 is 0.608 bits per heavy atom. The standard InChI is InChI=1S/C42H78O9/c1-3-5-7-9-11-13-15-17-18-19-21-23-25-27-29-31-38(44)50-36(35-49-42-41(47)40(46)39(45)37(33-43)51-42)34-48-32-30-28-26-24-22-20-16-14-12-10-8-6-4-2/h12,14,17-18,36-37,39-43,45-47H,3-11,13,15-16,19-35H2,1-2H3/b14-12-,18-17-. The molecule has 0 radical (unpaired) electrons. The highest BCUT2D eigenvalue weighted by Gasteiger charge is 2.44. The highest BCUT2D eigenvalue weighted by atomic mass is 16.7. The van der Waals surface area contributed by atoms with Crippen molar-refractivity contribution < 1.29 is 44.2 Å². The number of allylic oxidation sites excluding steroid dienone is 4. The van der Waals surface area contributed by atoms with Gasteiger partial charge in [0.2, 0.25) is 0 Å². The van der Waals surface area contributed by atoms with Gasteiger partial charge in [-0.3, -0.25) is 4.79 Å². The first kappa shape index (κ1) is 47.7. The third-order valence-corrected chi connectivity index (χ3v) is 9.59. The number of esters is 1. The minimum atomic E-state index is -1.54. The second-order valence-electron chi connectivity index (χ2n) is 14.4. The minimum Gasteiger partial charge on any atom is -0.457 e. The SMILES string of the molecule is CCCCC/C=C\CCCCCCCCOCC(COC1OC(CO)C(O)C(O)C1O)OC(=O)CCCCCCC/C=C\CCCCCCCC. The van der Waals surface area contributed by atoms with E-state index in [2.05, 4.69) is 38.2 Å². The summed E-state index contributed by atoms with van der Waals surface area (Å²) in [6.07, 6.45) is 30.5. The van der Waals surface area contributed by atoms with Crippen LogP contribution in [0.5, 0.6) is 0 Å². The van der Waals surface area contributed by atoms with E-state index >= 15 is 0 Å². The van der Waals surface area contributed by atoms with Gasteiger partial charge in [0, 0.05) is 13.0 Å². The van der Waals surface area contributed by atoms with Gasteiger partial charge in [0.25, 0.3) is 0 Å². The molecule has 6 atom stereocenters. The van der Waals surface area contributed by atoms with Crippen LogP contribution in [0.15, 0.2) is 24.3 Å². The Hall–Kier alpha value is -1.33. The summed E-state index contributed by atoms with van der Waals surface area (Å²) in [5.41, 5.74) is 0. The van der Waals surface area contributed by atoms with E-state index in [1.165, 1.54) is 96.3 Å². The van der Waals surface area contributed by atoms with Crippen LogP contribution in [0.3, 0.4) is 0 Å². The maximum Gasteiger partial charge on any atom is 0.306 e. The number of carbonyl (C=O) groups excluding carboxylic acids is 1. The Balaban J connectivity index is 2.31. The zero-order valence-corrected chi connectivity index (χ0v) is 32.6. The maximum atomic E-state index is 12.7. The summed E-state index contributed by atoms with van der Waals surface area (Å²) in [6.45, 7) is 4.51. The molecule has 51 heavy (non-hydrogen) atoms. The zero-order valence-electron chi connectivity index (χ0n) is 32.6. The van der Waals surface area contributed by atoms with E-state index in [0.717, 1.165) is 57.8 Å². The number of aliphatic hydroxyl groups is 4. The van der Waals surface area contributed by atoms with Crippen LogP contribution in [0.25, 0.3) is 0 Å². The number of hydrogen-bond donors (Lipinski definition) is 4. The molecule has 1 aliphatic rings. The fourth-order valence-corrected chi connectivity index (χ4v) is 6.24. The Labute approximate surface area is 311 Å². The normalized spacial score (nSPS) is 21.6. The van der Waals surface area contributed by atoms with Crippen LogP contribution in [-0.4, -0.2) is 89.6 Å². The summed E-state index contributed by atoms with van der Waals surface area (Å²) in [5, 5.41) is 40.0. The van der Waals surface area contributed by atoms with Crippen molar-refractivity contribution in [2.75, 3.05) is 26.4 Å². The molecule has 0 aliphatic carbocycles. The van der Waals surface area contributed by atoms with Crippen LogP contribution in [0.4, 0.5) is 0 Å². The highest BCUT2D eigenvalue weighted by molar-refractivity contribution is 5.69. The van der Waals surface area contributed by atoms with Gasteiger partial charge in [0.1, 0.15) is 30.5 Å². The van der Waals surface area contributed by atoms with Gasteiger partial charge in [-0.05, 0) is 64.2 Å². The molecule has 1 fully saturated rings. The van der Waals surface area contributed by atoms with Gasteiger partial charge in [-0.25, -0.2) is 0 Å². The van der Waals surface area contributed by atoms with E-state index in [1.807, 2.05) is 0 Å². The lowest BCUT2D eigenvalue weighted by Crippen LogP contribution is -2.59. The summed E-state index contributed by atoms with van der Waals surface area (Å²) in [7, 11) is 0. The van der Waals surface area contributed by atoms with Crippen LogP contribution < -0.4 is 0 Å². The van der Waals surface area contributed by atoms with Crippen molar-refractivity contribution in [3.05, 3.63) is 24.3 Å². The van der Waals surface area contributed by atoms with E-state index in [1.54, 1.807) is 0 Å². The highest BCUT2D eigenvalue weighted by Crippen LogP contribution is 2.22. The smallest absolute Gasteiger partial charge is 0.306 e. The lowest BCUT2D eigenvalue weighted by Gasteiger charge is -2.39. The molecule has 0 aromatic heterocycles. The van der Waals surface area contributed by atoms with Crippen molar-refractivity contribution in [1.82, 2.24) is 0 Å². The first-order valence-corrected chi connectivity index (χ1v) is 20.9.